The highest BCUT2D eigenvalue weighted by atomic mass is 32.1. The predicted molar refractivity (Wildman–Crippen MR) is 42.7 cm³/mol. The standard InChI is InChI=1S/C5H5F3N4OS/c6-5(7,8)1-10-4(13)2-3(9)14-12-11-2/h1,9H2,(H,10,13). The Morgan fingerprint density at radius 3 is 2.64 bits per heavy atom. The molecule has 1 aromatic heterocycles. The molecular formula is C5H5F3N4OS. The van der Waals surface area contributed by atoms with E-state index >= 15 is 0 Å². The highest BCUT2D eigenvalue weighted by molar-refractivity contribution is 7.10. The summed E-state index contributed by atoms with van der Waals surface area (Å²) in [6.45, 7) is -1.41. The van der Waals surface area contributed by atoms with Gasteiger partial charge in [0.25, 0.3) is 5.91 Å². The third-order valence-corrected chi connectivity index (χ3v) is 1.73. The van der Waals surface area contributed by atoms with Crippen LogP contribution in [0.2, 0.25) is 0 Å². The van der Waals surface area contributed by atoms with Crippen molar-refractivity contribution in [3.63, 3.8) is 0 Å². The number of hydrogen-bond donors (Lipinski definition) is 2. The monoisotopic (exact) mass is 226 g/mol. The average molecular weight is 226 g/mol. The van der Waals surface area contributed by atoms with Crippen LogP contribution in [-0.4, -0.2) is 28.2 Å². The second-order valence-corrected chi connectivity index (χ2v) is 3.07. The molecule has 1 heterocycles. The Morgan fingerprint density at radius 1 is 1.57 bits per heavy atom. The fourth-order valence-electron chi connectivity index (χ4n) is 0.619. The summed E-state index contributed by atoms with van der Waals surface area (Å²) in [6, 6.07) is 0. The van der Waals surface area contributed by atoms with E-state index in [2.05, 4.69) is 9.59 Å². The Morgan fingerprint density at radius 2 is 2.21 bits per heavy atom. The van der Waals surface area contributed by atoms with Crippen LogP contribution in [0.4, 0.5) is 18.2 Å². The van der Waals surface area contributed by atoms with Crippen LogP contribution in [0.15, 0.2) is 0 Å². The molecule has 1 aromatic rings. The summed E-state index contributed by atoms with van der Waals surface area (Å²) in [7, 11) is 0. The summed E-state index contributed by atoms with van der Waals surface area (Å²) >= 11 is 0.741. The number of hydrogen-bond acceptors (Lipinski definition) is 5. The first-order valence-corrected chi connectivity index (χ1v) is 4.10. The van der Waals surface area contributed by atoms with Crippen molar-refractivity contribution in [1.29, 1.82) is 0 Å². The van der Waals surface area contributed by atoms with E-state index in [0.717, 1.165) is 11.5 Å². The van der Waals surface area contributed by atoms with Crippen LogP contribution in [0.1, 0.15) is 10.5 Å². The number of amides is 1. The molecule has 0 atom stereocenters. The largest absolute Gasteiger partial charge is 0.405 e. The minimum absolute atomic E-state index is 0.00956. The Balaban J connectivity index is 2.56. The normalized spacial score (nSPS) is 11.4. The quantitative estimate of drug-likeness (QED) is 0.765. The summed E-state index contributed by atoms with van der Waals surface area (Å²) in [5.41, 5.74) is 4.95. The fourth-order valence-corrected chi connectivity index (χ4v) is 1.05. The fraction of sp³-hybridized carbons (Fsp3) is 0.400. The molecule has 0 aromatic carbocycles. The Kier molecular flexibility index (Phi) is 2.89. The topological polar surface area (TPSA) is 80.9 Å². The zero-order chi connectivity index (χ0) is 10.8. The maximum Gasteiger partial charge on any atom is 0.405 e. The molecule has 5 nitrogen and oxygen atoms in total. The van der Waals surface area contributed by atoms with Gasteiger partial charge in [-0.15, -0.1) is 5.10 Å². The predicted octanol–water partition coefficient (Wildman–Crippen LogP) is 0.412. The maximum atomic E-state index is 11.7. The van der Waals surface area contributed by atoms with Crippen molar-refractivity contribution in [2.45, 2.75) is 6.18 Å². The molecule has 14 heavy (non-hydrogen) atoms. The number of carbonyl (C=O) groups is 1. The van der Waals surface area contributed by atoms with Gasteiger partial charge in [-0.1, -0.05) is 4.49 Å². The highest BCUT2D eigenvalue weighted by Crippen LogP contribution is 2.14. The number of rotatable bonds is 2. The van der Waals surface area contributed by atoms with Gasteiger partial charge < -0.3 is 11.1 Å². The molecule has 0 bridgehead atoms. The summed E-state index contributed by atoms with van der Waals surface area (Å²) in [5.74, 6) is -0.978. The molecule has 9 heteroatoms. The molecule has 1 amide bonds. The molecular weight excluding hydrogens is 221 g/mol. The lowest BCUT2D eigenvalue weighted by Crippen LogP contribution is -2.34. The number of aromatic nitrogens is 2. The van der Waals surface area contributed by atoms with E-state index < -0.39 is 18.6 Å². The molecule has 0 aliphatic carbocycles. The summed E-state index contributed by atoms with van der Waals surface area (Å²) in [4.78, 5) is 11.0. The minimum atomic E-state index is -4.45. The molecule has 0 saturated carbocycles. The van der Waals surface area contributed by atoms with Crippen molar-refractivity contribution in [1.82, 2.24) is 14.9 Å². The molecule has 0 saturated heterocycles. The first kappa shape index (κ1) is 10.7. The number of anilines is 1. The second kappa shape index (κ2) is 3.78. The first-order valence-electron chi connectivity index (χ1n) is 3.33. The van der Waals surface area contributed by atoms with Gasteiger partial charge in [-0.3, -0.25) is 4.79 Å². The van der Waals surface area contributed by atoms with E-state index in [9.17, 15) is 18.0 Å². The molecule has 0 radical (unpaired) electrons. The average Bonchev–Trinajstić information content (AvgIpc) is 2.46. The van der Waals surface area contributed by atoms with Crippen LogP contribution in [0.5, 0.6) is 0 Å². The van der Waals surface area contributed by atoms with Crippen molar-refractivity contribution in [2.75, 3.05) is 12.3 Å². The molecule has 3 N–H and O–H groups in total. The van der Waals surface area contributed by atoms with Crippen LogP contribution in [0, 0.1) is 0 Å². The minimum Gasteiger partial charge on any atom is -0.387 e. The Hall–Kier alpha value is -1.38. The second-order valence-electron chi connectivity index (χ2n) is 2.28. The molecule has 78 valence electrons. The van der Waals surface area contributed by atoms with Gasteiger partial charge in [0.15, 0.2) is 5.69 Å². The van der Waals surface area contributed by atoms with Gasteiger partial charge >= 0.3 is 6.18 Å². The van der Waals surface area contributed by atoms with E-state index in [1.165, 1.54) is 0 Å². The third kappa shape index (κ3) is 2.83. The highest BCUT2D eigenvalue weighted by Gasteiger charge is 2.28. The van der Waals surface area contributed by atoms with Crippen molar-refractivity contribution in [2.24, 2.45) is 0 Å². The van der Waals surface area contributed by atoms with Gasteiger partial charge in [0.2, 0.25) is 0 Å². The number of nitrogens with two attached hydrogens (primary N) is 1. The van der Waals surface area contributed by atoms with E-state index in [0.29, 0.717) is 0 Å². The number of nitrogens with zero attached hydrogens (tertiary/aromatic N) is 2. The molecule has 1 rings (SSSR count). The van der Waals surface area contributed by atoms with Crippen LogP contribution in [0.3, 0.4) is 0 Å². The maximum absolute atomic E-state index is 11.7. The van der Waals surface area contributed by atoms with Crippen molar-refractivity contribution in [3.05, 3.63) is 5.69 Å². The van der Waals surface area contributed by atoms with Crippen LogP contribution in [-0.2, 0) is 0 Å². The van der Waals surface area contributed by atoms with Gasteiger partial charge in [0.1, 0.15) is 11.5 Å². The number of carbonyl (C=O) groups excluding carboxylic acids is 1. The number of nitrogens with one attached hydrogen (secondary N) is 1. The van der Waals surface area contributed by atoms with Crippen LogP contribution < -0.4 is 11.1 Å². The SMILES string of the molecule is Nc1snnc1C(=O)NCC(F)(F)F. The first-order chi connectivity index (χ1) is 6.40. The lowest BCUT2D eigenvalue weighted by molar-refractivity contribution is -0.123. The zero-order valence-electron chi connectivity index (χ0n) is 6.63. The lowest BCUT2D eigenvalue weighted by atomic mass is 10.4. The molecule has 0 aliphatic heterocycles. The lowest BCUT2D eigenvalue weighted by Gasteiger charge is -2.06. The van der Waals surface area contributed by atoms with Gasteiger partial charge in [-0.25, -0.2) is 0 Å². The summed E-state index contributed by atoms with van der Waals surface area (Å²) < 4.78 is 38.3. The van der Waals surface area contributed by atoms with Gasteiger partial charge in [-0.2, -0.15) is 13.2 Å². The van der Waals surface area contributed by atoms with Gasteiger partial charge in [0, 0.05) is 11.5 Å². The molecule has 0 spiro atoms. The van der Waals surface area contributed by atoms with E-state index in [4.69, 9.17) is 5.73 Å². The van der Waals surface area contributed by atoms with Crippen molar-refractivity contribution >= 4 is 22.4 Å². The summed E-state index contributed by atoms with van der Waals surface area (Å²) in [5, 5.41) is 4.90. The van der Waals surface area contributed by atoms with E-state index in [-0.39, 0.29) is 10.7 Å². The number of halogens is 3. The van der Waals surface area contributed by atoms with Gasteiger partial charge in [-0.05, 0) is 0 Å². The molecule has 0 fully saturated rings. The van der Waals surface area contributed by atoms with Crippen LogP contribution in [0.25, 0.3) is 0 Å². The Labute approximate surface area is 80.3 Å². The zero-order valence-corrected chi connectivity index (χ0v) is 7.45. The third-order valence-electron chi connectivity index (χ3n) is 1.18. The van der Waals surface area contributed by atoms with Gasteiger partial charge in [0.05, 0.1) is 0 Å². The van der Waals surface area contributed by atoms with E-state index in [1.807, 2.05) is 0 Å². The van der Waals surface area contributed by atoms with Crippen molar-refractivity contribution in [3.8, 4) is 0 Å². The van der Waals surface area contributed by atoms with E-state index in [1.54, 1.807) is 5.32 Å². The van der Waals surface area contributed by atoms with Crippen molar-refractivity contribution < 1.29 is 18.0 Å². The van der Waals surface area contributed by atoms with Crippen LogP contribution >= 0.6 is 11.5 Å². The Bertz CT molecular complexity index is 336. The summed E-state index contributed by atoms with van der Waals surface area (Å²) in [6.07, 6.45) is -4.45. The number of alkyl halides is 3. The number of nitrogen functional groups attached to an aromatic ring is 1. The smallest absolute Gasteiger partial charge is 0.387 e. The molecule has 0 aliphatic rings. The molecule has 0 unspecified atom stereocenters.